The predicted octanol–water partition coefficient (Wildman–Crippen LogP) is 1.09. The first kappa shape index (κ1) is 10.7. The van der Waals surface area contributed by atoms with Crippen molar-refractivity contribution in [1.29, 1.82) is 0 Å². The van der Waals surface area contributed by atoms with Crippen molar-refractivity contribution in [3.8, 4) is 0 Å². The molecule has 0 bridgehead atoms. The van der Waals surface area contributed by atoms with Crippen LogP contribution in [-0.4, -0.2) is 9.78 Å². The number of nitrogens with zero attached hydrogens (tertiary/aromatic N) is 2. The molecule has 0 amide bonds. The van der Waals surface area contributed by atoms with Gasteiger partial charge >= 0.3 is 0 Å². The fourth-order valence-electron chi connectivity index (χ4n) is 0.660. The van der Waals surface area contributed by atoms with E-state index in [0.717, 1.165) is 0 Å². The van der Waals surface area contributed by atoms with Crippen LogP contribution in [0.25, 0.3) is 0 Å². The van der Waals surface area contributed by atoms with E-state index in [0.29, 0.717) is 0 Å². The largest absolute Gasteiger partial charge is 0.325 e. The molecule has 1 rings (SSSR count). The number of aromatic nitrogens is 2. The van der Waals surface area contributed by atoms with Crippen molar-refractivity contribution in [2.24, 2.45) is 12.8 Å². The molecule has 0 fully saturated rings. The summed E-state index contributed by atoms with van der Waals surface area (Å²) in [5.74, 6) is -0.522. The summed E-state index contributed by atoms with van der Waals surface area (Å²) in [5, 5.41) is 3.71. The van der Waals surface area contributed by atoms with Gasteiger partial charge in [0.15, 0.2) is 11.0 Å². The Balaban J connectivity index is 0.000001000. The molecular weight excluding hydrogens is 192 g/mol. The maximum Gasteiger partial charge on any atom is 0.184 e. The number of nitrogens with two attached hydrogens (primary N) is 1. The van der Waals surface area contributed by atoms with Crippen molar-refractivity contribution in [1.82, 2.24) is 9.78 Å². The molecule has 0 atom stereocenters. The highest BCUT2D eigenvalue weighted by molar-refractivity contribution is 6.29. The van der Waals surface area contributed by atoms with Gasteiger partial charge < -0.3 is 5.73 Å². The molecule has 3 nitrogen and oxygen atoms in total. The minimum absolute atomic E-state index is 0. The van der Waals surface area contributed by atoms with E-state index in [1.165, 1.54) is 4.68 Å². The fraction of sp³-hybridized carbons (Fsp3) is 0.400. The van der Waals surface area contributed by atoms with Crippen LogP contribution in [0.1, 0.15) is 5.69 Å². The zero-order chi connectivity index (χ0) is 7.72. The van der Waals surface area contributed by atoms with Gasteiger partial charge in [-0.25, -0.2) is 4.39 Å². The molecule has 0 aliphatic rings. The van der Waals surface area contributed by atoms with Crippen molar-refractivity contribution < 1.29 is 4.39 Å². The number of hydrogen-bond acceptors (Lipinski definition) is 2. The third-order valence-electron chi connectivity index (χ3n) is 1.18. The Bertz CT molecular complexity index is 248. The van der Waals surface area contributed by atoms with E-state index in [1.807, 2.05) is 0 Å². The first-order valence-corrected chi connectivity index (χ1v) is 3.11. The molecule has 0 saturated carbocycles. The van der Waals surface area contributed by atoms with Crippen LogP contribution in [0.2, 0.25) is 5.15 Å². The highest BCUT2D eigenvalue weighted by Crippen LogP contribution is 2.15. The lowest BCUT2D eigenvalue weighted by molar-refractivity contribution is 0.610. The minimum Gasteiger partial charge on any atom is -0.325 e. The van der Waals surface area contributed by atoms with Gasteiger partial charge in [0.25, 0.3) is 0 Å². The summed E-state index contributed by atoms with van der Waals surface area (Å²) < 4.78 is 14.0. The van der Waals surface area contributed by atoms with Crippen molar-refractivity contribution >= 4 is 24.0 Å². The van der Waals surface area contributed by atoms with Crippen LogP contribution in [0.5, 0.6) is 0 Å². The van der Waals surface area contributed by atoms with Crippen LogP contribution in [0.3, 0.4) is 0 Å². The van der Waals surface area contributed by atoms with Crippen molar-refractivity contribution in [3.05, 3.63) is 16.7 Å². The lowest BCUT2D eigenvalue weighted by atomic mass is 10.4. The van der Waals surface area contributed by atoms with E-state index in [1.54, 1.807) is 7.05 Å². The molecule has 2 N–H and O–H groups in total. The molecule has 11 heavy (non-hydrogen) atoms. The predicted molar refractivity (Wildman–Crippen MR) is 43.3 cm³/mol. The van der Waals surface area contributed by atoms with Crippen molar-refractivity contribution in [2.45, 2.75) is 6.54 Å². The van der Waals surface area contributed by atoms with E-state index < -0.39 is 5.82 Å². The molecule has 1 heterocycles. The van der Waals surface area contributed by atoms with Crippen molar-refractivity contribution in [3.63, 3.8) is 0 Å². The normalized spacial score (nSPS) is 9.45. The van der Waals surface area contributed by atoms with Gasteiger partial charge in [0, 0.05) is 13.6 Å². The van der Waals surface area contributed by atoms with Crippen LogP contribution in [-0.2, 0) is 13.6 Å². The summed E-state index contributed by atoms with van der Waals surface area (Å²) >= 11 is 5.45. The second-order valence-electron chi connectivity index (χ2n) is 1.88. The van der Waals surface area contributed by atoms with Gasteiger partial charge in [-0.1, -0.05) is 11.6 Å². The maximum absolute atomic E-state index is 12.7. The zero-order valence-electron chi connectivity index (χ0n) is 5.84. The Morgan fingerprint density at radius 1 is 1.73 bits per heavy atom. The summed E-state index contributed by atoms with van der Waals surface area (Å²) in [4.78, 5) is 0. The highest BCUT2D eigenvalue weighted by Gasteiger charge is 2.11. The summed E-state index contributed by atoms with van der Waals surface area (Å²) in [5.41, 5.74) is 5.36. The average Bonchev–Trinajstić information content (AvgIpc) is 2.17. The SMILES string of the molecule is Cl.Cn1nc(CN)c(F)c1Cl. The standard InChI is InChI=1S/C5H7ClFN3.ClH/c1-10-5(6)4(7)3(2-8)9-10;/h2,8H2,1H3;1H. The van der Waals surface area contributed by atoms with Crippen molar-refractivity contribution in [2.75, 3.05) is 0 Å². The van der Waals surface area contributed by atoms with E-state index in [9.17, 15) is 4.39 Å². The van der Waals surface area contributed by atoms with E-state index in [4.69, 9.17) is 17.3 Å². The Morgan fingerprint density at radius 3 is 2.45 bits per heavy atom. The quantitative estimate of drug-likeness (QED) is 0.737. The van der Waals surface area contributed by atoms with Gasteiger partial charge in [-0.2, -0.15) is 5.10 Å². The molecule has 0 aliphatic carbocycles. The summed E-state index contributed by atoms with van der Waals surface area (Å²) in [7, 11) is 1.56. The fourth-order valence-corrected chi connectivity index (χ4v) is 0.807. The van der Waals surface area contributed by atoms with Gasteiger partial charge in [0.1, 0.15) is 5.69 Å². The van der Waals surface area contributed by atoms with Crippen LogP contribution >= 0.6 is 24.0 Å². The molecule has 0 aromatic carbocycles. The Labute approximate surface area is 74.7 Å². The third-order valence-corrected chi connectivity index (χ3v) is 1.59. The highest BCUT2D eigenvalue weighted by atomic mass is 35.5. The lowest BCUT2D eigenvalue weighted by Gasteiger charge is -1.85. The average molecular weight is 200 g/mol. The van der Waals surface area contributed by atoms with Crippen LogP contribution < -0.4 is 5.73 Å². The Hall–Kier alpha value is -0.320. The minimum atomic E-state index is -0.522. The molecule has 1 aromatic rings. The monoisotopic (exact) mass is 199 g/mol. The topological polar surface area (TPSA) is 43.8 Å². The molecule has 0 aliphatic heterocycles. The van der Waals surface area contributed by atoms with Crippen LogP contribution in [0, 0.1) is 5.82 Å². The molecular formula is C5H8Cl2FN3. The molecule has 6 heteroatoms. The van der Waals surface area contributed by atoms with Gasteiger partial charge in [0.05, 0.1) is 0 Å². The Morgan fingerprint density at radius 2 is 2.27 bits per heavy atom. The second kappa shape index (κ2) is 3.90. The summed E-state index contributed by atoms with van der Waals surface area (Å²) in [6, 6.07) is 0. The summed E-state index contributed by atoms with van der Waals surface area (Å²) in [6.45, 7) is 0.0758. The van der Waals surface area contributed by atoms with Crippen LogP contribution in [0.15, 0.2) is 0 Å². The first-order valence-electron chi connectivity index (χ1n) is 2.73. The number of rotatable bonds is 1. The second-order valence-corrected chi connectivity index (χ2v) is 2.24. The van der Waals surface area contributed by atoms with Gasteiger partial charge in [-0.3, -0.25) is 4.68 Å². The third kappa shape index (κ3) is 1.83. The maximum atomic E-state index is 12.7. The zero-order valence-corrected chi connectivity index (χ0v) is 7.42. The van der Waals surface area contributed by atoms with Gasteiger partial charge in [0.2, 0.25) is 0 Å². The Kier molecular flexibility index (Phi) is 3.78. The van der Waals surface area contributed by atoms with Gasteiger partial charge in [-0.05, 0) is 0 Å². The summed E-state index contributed by atoms with van der Waals surface area (Å²) in [6.07, 6.45) is 0. The molecule has 0 unspecified atom stereocenters. The van der Waals surface area contributed by atoms with E-state index in [-0.39, 0.29) is 29.8 Å². The molecule has 0 radical (unpaired) electrons. The van der Waals surface area contributed by atoms with Gasteiger partial charge in [-0.15, -0.1) is 12.4 Å². The molecule has 0 spiro atoms. The molecule has 0 saturated heterocycles. The number of aryl methyl sites for hydroxylation is 1. The molecule has 64 valence electrons. The number of hydrogen-bond donors (Lipinski definition) is 1. The van der Waals surface area contributed by atoms with E-state index >= 15 is 0 Å². The first-order chi connectivity index (χ1) is 4.66. The van der Waals surface area contributed by atoms with Crippen LogP contribution in [0.4, 0.5) is 4.39 Å². The van der Waals surface area contributed by atoms with E-state index in [2.05, 4.69) is 5.10 Å². The smallest absolute Gasteiger partial charge is 0.184 e. The molecule has 1 aromatic heterocycles. The number of halogens is 3. The lowest BCUT2D eigenvalue weighted by Crippen LogP contribution is -1.99.